The van der Waals surface area contributed by atoms with Crippen LogP contribution in [-0.4, -0.2) is 23.7 Å². The Morgan fingerprint density at radius 1 is 1.33 bits per heavy atom. The Hall–Kier alpha value is -2.10. The molecule has 0 heterocycles. The molecule has 4 heteroatoms. The van der Waals surface area contributed by atoms with Gasteiger partial charge in [0.25, 0.3) is 0 Å². The van der Waals surface area contributed by atoms with Crippen LogP contribution >= 0.6 is 0 Å². The molecule has 0 spiro atoms. The number of esters is 1. The van der Waals surface area contributed by atoms with Crippen LogP contribution in [0.1, 0.15) is 23.6 Å². The van der Waals surface area contributed by atoms with E-state index in [4.69, 9.17) is 9.84 Å². The fraction of sp³-hybridized carbons (Fsp3) is 0.286. The third-order valence-electron chi connectivity index (χ3n) is 2.45. The Balaban J connectivity index is 3.16. The highest BCUT2D eigenvalue weighted by Gasteiger charge is 2.18. The molecular weight excluding hydrogens is 232 g/mol. The largest absolute Gasteiger partial charge is 0.477 e. The molecular formula is C14H16O4. The Labute approximate surface area is 106 Å². The average molecular weight is 248 g/mol. The smallest absolute Gasteiger partial charge is 0.345 e. The molecule has 0 bridgehead atoms. The van der Waals surface area contributed by atoms with Gasteiger partial charge in [-0.25, -0.2) is 9.59 Å². The van der Waals surface area contributed by atoms with E-state index in [2.05, 4.69) is 0 Å². The van der Waals surface area contributed by atoms with Crippen molar-refractivity contribution in [2.75, 3.05) is 6.61 Å². The normalized spacial score (nSPS) is 11.2. The molecule has 18 heavy (non-hydrogen) atoms. The molecule has 1 aromatic rings. The number of carboxylic acid groups (broad SMARTS) is 1. The fourth-order valence-electron chi connectivity index (χ4n) is 1.56. The van der Waals surface area contributed by atoms with Crippen molar-refractivity contribution >= 4 is 18.0 Å². The van der Waals surface area contributed by atoms with E-state index >= 15 is 0 Å². The molecule has 1 aromatic carbocycles. The number of aryl methyl sites for hydroxylation is 2. The predicted molar refractivity (Wildman–Crippen MR) is 68.2 cm³/mol. The molecule has 4 nitrogen and oxygen atoms in total. The van der Waals surface area contributed by atoms with Gasteiger partial charge >= 0.3 is 11.9 Å². The molecule has 0 saturated carbocycles. The van der Waals surface area contributed by atoms with Gasteiger partial charge in [-0.15, -0.1) is 0 Å². The minimum atomic E-state index is -1.28. The molecule has 0 saturated heterocycles. The van der Waals surface area contributed by atoms with E-state index in [1.807, 2.05) is 26.0 Å². The van der Waals surface area contributed by atoms with Crippen molar-refractivity contribution in [3.05, 3.63) is 40.5 Å². The summed E-state index contributed by atoms with van der Waals surface area (Å²) < 4.78 is 4.71. The van der Waals surface area contributed by atoms with Crippen molar-refractivity contribution in [1.29, 1.82) is 0 Å². The molecule has 0 aliphatic carbocycles. The summed E-state index contributed by atoms with van der Waals surface area (Å²) in [5.74, 6) is -2.10. The first-order valence-corrected chi connectivity index (χ1v) is 5.65. The van der Waals surface area contributed by atoms with Crippen molar-refractivity contribution in [2.24, 2.45) is 0 Å². The summed E-state index contributed by atoms with van der Waals surface area (Å²) in [6, 6.07) is 5.58. The second-order valence-corrected chi connectivity index (χ2v) is 3.94. The standard InChI is InChI=1S/C14H16O4/c1-4-18-14(17)12(13(15)16)8-11-6-5-9(2)7-10(11)3/h5-8H,4H2,1-3H3,(H,15,16)/b12-8-. The van der Waals surface area contributed by atoms with Crippen molar-refractivity contribution in [3.63, 3.8) is 0 Å². The van der Waals surface area contributed by atoms with Crippen LogP contribution in [0, 0.1) is 13.8 Å². The Bertz CT molecular complexity index is 501. The van der Waals surface area contributed by atoms with E-state index in [0.717, 1.165) is 11.1 Å². The zero-order valence-corrected chi connectivity index (χ0v) is 10.7. The number of ether oxygens (including phenoxy) is 1. The summed E-state index contributed by atoms with van der Waals surface area (Å²) in [7, 11) is 0. The summed E-state index contributed by atoms with van der Waals surface area (Å²) in [6.07, 6.45) is 1.34. The third-order valence-corrected chi connectivity index (χ3v) is 2.45. The maximum atomic E-state index is 11.5. The summed E-state index contributed by atoms with van der Waals surface area (Å²) in [5.41, 5.74) is 2.34. The van der Waals surface area contributed by atoms with E-state index < -0.39 is 11.9 Å². The number of benzene rings is 1. The van der Waals surface area contributed by atoms with Crippen LogP contribution in [0.5, 0.6) is 0 Å². The van der Waals surface area contributed by atoms with Gasteiger partial charge in [-0.2, -0.15) is 0 Å². The number of carbonyl (C=O) groups excluding carboxylic acids is 1. The van der Waals surface area contributed by atoms with Crippen molar-refractivity contribution in [1.82, 2.24) is 0 Å². The third kappa shape index (κ3) is 3.45. The second kappa shape index (κ2) is 6.00. The monoisotopic (exact) mass is 248 g/mol. The number of hydrogen-bond donors (Lipinski definition) is 1. The lowest BCUT2D eigenvalue weighted by Gasteiger charge is -2.05. The number of carbonyl (C=O) groups is 2. The first-order valence-electron chi connectivity index (χ1n) is 5.65. The van der Waals surface area contributed by atoms with Gasteiger partial charge in [0, 0.05) is 0 Å². The minimum absolute atomic E-state index is 0.149. The zero-order valence-electron chi connectivity index (χ0n) is 10.7. The Morgan fingerprint density at radius 2 is 2.00 bits per heavy atom. The van der Waals surface area contributed by atoms with Gasteiger partial charge in [0.05, 0.1) is 6.61 Å². The zero-order chi connectivity index (χ0) is 13.7. The molecule has 0 aliphatic rings. The van der Waals surface area contributed by atoms with Crippen molar-refractivity contribution in [3.8, 4) is 0 Å². The van der Waals surface area contributed by atoms with Crippen LogP contribution in [0.4, 0.5) is 0 Å². The van der Waals surface area contributed by atoms with E-state index in [-0.39, 0.29) is 12.2 Å². The first-order chi connectivity index (χ1) is 8.45. The summed E-state index contributed by atoms with van der Waals surface area (Å²) in [5, 5.41) is 9.01. The molecule has 1 rings (SSSR count). The SMILES string of the molecule is CCOC(=O)/C(=C\c1ccc(C)cc1C)C(=O)O. The lowest BCUT2D eigenvalue weighted by molar-refractivity contribution is -0.143. The fourth-order valence-corrected chi connectivity index (χ4v) is 1.56. The van der Waals surface area contributed by atoms with Gasteiger partial charge in [0.2, 0.25) is 0 Å². The topological polar surface area (TPSA) is 63.6 Å². The molecule has 0 aromatic heterocycles. The molecule has 0 radical (unpaired) electrons. The van der Waals surface area contributed by atoms with E-state index in [0.29, 0.717) is 5.56 Å². The highest BCUT2D eigenvalue weighted by atomic mass is 16.5. The minimum Gasteiger partial charge on any atom is -0.477 e. The predicted octanol–water partition coefficient (Wildman–Crippen LogP) is 2.33. The lowest BCUT2D eigenvalue weighted by Crippen LogP contribution is -2.15. The number of carboxylic acids is 1. The van der Waals surface area contributed by atoms with Gasteiger partial charge in [0.15, 0.2) is 0 Å². The van der Waals surface area contributed by atoms with E-state index in [9.17, 15) is 9.59 Å². The van der Waals surface area contributed by atoms with Gasteiger partial charge in [-0.1, -0.05) is 23.8 Å². The molecule has 0 atom stereocenters. The highest BCUT2D eigenvalue weighted by Crippen LogP contribution is 2.15. The van der Waals surface area contributed by atoms with E-state index in [1.165, 1.54) is 6.08 Å². The quantitative estimate of drug-likeness (QED) is 0.384. The Kier molecular flexibility index (Phi) is 4.66. The van der Waals surface area contributed by atoms with Gasteiger partial charge in [0.1, 0.15) is 5.57 Å². The highest BCUT2D eigenvalue weighted by molar-refractivity contribution is 6.17. The molecule has 1 N–H and O–H groups in total. The number of hydrogen-bond acceptors (Lipinski definition) is 3. The molecule has 0 aliphatic heterocycles. The van der Waals surface area contributed by atoms with Crippen molar-refractivity contribution in [2.45, 2.75) is 20.8 Å². The maximum Gasteiger partial charge on any atom is 0.345 e. The van der Waals surface area contributed by atoms with Gasteiger partial charge in [-0.3, -0.25) is 0 Å². The Morgan fingerprint density at radius 3 is 2.50 bits per heavy atom. The summed E-state index contributed by atoms with van der Waals surface area (Å²) in [4.78, 5) is 22.5. The summed E-state index contributed by atoms with van der Waals surface area (Å²) in [6.45, 7) is 5.60. The van der Waals surface area contributed by atoms with Crippen LogP contribution in [0.3, 0.4) is 0 Å². The number of aliphatic carboxylic acids is 1. The molecule has 0 amide bonds. The molecule has 0 unspecified atom stereocenters. The van der Waals surface area contributed by atoms with Crippen LogP contribution in [0.25, 0.3) is 6.08 Å². The summed E-state index contributed by atoms with van der Waals surface area (Å²) >= 11 is 0. The van der Waals surface area contributed by atoms with Crippen LogP contribution in [0.2, 0.25) is 0 Å². The average Bonchev–Trinajstić information content (AvgIpc) is 2.27. The lowest BCUT2D eigenvalue weighted by atomic mass is 10.0. The molecule has 96 valence electrons. The van der Waals surface area contributed by atoms with E-state index in [1.54, 1.807) is 13.0 Å². The number of rotatable bonds is 4. The molecule has 0 fully saturated rings. The van der Waals surface area contributed by atoms with Crippen LogP contribution in [0.15, 0.2) is 23.8 Å². The first kappa shape index (κ1) is 14.0. The maximum absolute atomic E-state index is 11.5. The van der Waals surface area contributed by atoms with Gasteiger partial charge in [-0.05, 0) is 38.0 Å². The van der Waals surface area contributed by atoms with Crippen LogP contribution in [-0.2, 0) is 14.3 Å². The van der Waals surface area contributed by atoms with Crippen LogP contribution < -0.4 is 0 Å². The van der Waals surface area contributed by atoms with Crippen molar-refractivity contribution < 1.29 is 19.4 Å². The second-order valence-electron chi connectivity index (χ2n) is 3.94. The van der Waals surface area contributed by atoms with Gasteiger partial charge < -0.3 is 9.84 Å².